The van der Waals surface area contributed by atoms with Crippen LogP contribution in [0.25, 0.3) is 11.4 Å². The highest BCUT2D eigenvalue weighted by Crippen LogP contribution is 2.27. The maximum atomic E-state index is 11.9. The monoisotopic (exact) mass is 356 g/mol. The zero-order valence-corrected chi connectivity index (χ0v) is 14.5. The number of nitrogens with two attached hydrogens (primary N) is 1. The number of rotatable bonds is 7. The molecule has 2 rings (SSSR count). The minimum absolute atomic E-state index is 0. The van der Waals surface area contributed by atoms with Gasteiger partial charge in [-0.15, -0.1) is 12.4 Å². The Bertz CT molecular complexity index is 664. The average molecular weight is 357 g/mol. The van der Waals surface area contributed by atoms with E-state index < -0.39 is 12.1 Å². The van der Waals surface area contributed by atoms with Crippen molar-refractivity contribution in [1.29, 1.82) is 0 Å². The van der Waals surface area contributed by atoms with Gasteiger partial charge in [0.2, 0.25) is 17.6 Å². The van der Waals surface area contributed by atoms with Crippen molar-refractivity contribution in [2.45, 2.75) is 19.0 Å². The molecule has 9 heteroatoms. The third-order valence-electron chi connectivity index (χ3n) is 3.20. The Hall–Kier alpha value is -2.16. The standard InChI is InChI=1S/C15H20N4O4.ClH/c1-9(17-14(20)11(16)8-21-2)15-18-13(19-23-15)10-6-4-5-7-12(10)22-3;/h4-7,9,11H,8,16H2,1-3H3,(H,17,20);1H. The minimum Gasteiger partial charge on any atom is -0.496 e. The highest BCUT2D eigenvalue weighted by molar-refractivity contribution is 5.85. The molecule has 1 aromatic heterocycles. The van der Waals surface area contributed by atoms with Crippen LogP contribution in [-0.2, 0) is 9.53 Å². The molecule has 0 fully saturated rings. The molecule has 1 heterocycles. The fourth-order valence-electron chi connectivity index (χ4n) is 1.99. The number of amides is 1. The third-order valence-corrected chi connectivity index (χ3v) is 3.20. The van der Waals surface area contributed by atoms with Crippen molar-refractivity contribution >= 4 is 18.3 Å². The van der Waals surface area contributed by atoms with Gasteiger partial charge in [-0.2, -0.15) is 4.98 Å². The zero-order valence-electron chi connectivity index (χ0n) is 13.7. The lowest BCUT2D eigenvalue weighted by Crippen LogP contribution is -2.44. The van der Waals surface area contributed by atoms with E-state index in [0.29, 0.717) is 17.1 Å². The Morgan fingerprint density at radius 3 is 2.75 bits per heavy atom. The maximum absolute atomic E-state index is 11.9. The number of nitrogens with one attached hydrogen (secondary N) is 1. The topological polar surface area (TPSA) is 112 Å². The highest BCUT2D eigenvalue weighted by Gasteiger charge is 2.21. The Morgan fingerprint density at radius 1 is 1.38 bits per heavy atom. The average Bonchev–Trinajstić information content (AvgIpc) is 3.04. The van der Waals surface area contributed by atoms with Crippen molar-refractivity contribution in [2.24, 2.45) is 5.73 Å². The fraction of sp³-hybridized carbons (Fsp3) is 0.400. The van der Waals surface area contributed by atoms with Gasteiger partial charge in [0, 0.05) is 7.11 Å². The van der Waals surface area contributed by atoms with Crippen molar-refractivity contribution in [3.8, 4) is 17.1 Å². The van der Waals surface area contributed by atoms with E-state index in [1.54, 1.807) is 20.1 Å². The molecule has 0 aliphatic carbocycles. The summed E-state index contributed by atoms with van der Waals surface area (Å²) >= 11 is 0. The van der Waals surface area contributed by atoms with Gasteiger partial charge in [-0.25, -0.2) is 0 Å². The van der Waals surface area contributed by atoms with Gasteiger partial charge in [-0.1, -0.05) is 17.3 Å². The second kappa shape index (κ2) is 9.21. The van der Waals surface area contributed by atoms with Crippen LogP contribution >= 0.6 is 12.4 Å². The third kappa shape index (κ3) is 4.67. The molecule has 2 aromatic rings. The molecule has 0 aliphatic heterocycles. The predicted octanol–water partition coefficient (Wildman–Crippen LogP) is 1.32. The summed E-state index contributed by atoms with van der Waals surface area (Å²) in [6.07, 6.45) is 0. The van der Waals surface area contributed by atoms with Crippen LogP contribution in [0.15, 0.2) is 28.8 Å². The molecule has 0 spiro atoms. The molecule has 132 valence electrons. The van der Waals surface area contributed by atoms with Crippen LogP contribution in [0.2, 0.25) is 0 Å². The summed E-state index contributed by atoms with van der Waals surface area (Å²) in [6, 6.07) is 6.11. The first kappa shape index (κ1) is 19.9. The number of carbonyl (C=O) groups is 1. The summed E-state index contributed by atoms with van der Waals surface area (Å²) in [7, 11) is 3.05. The Balaban J connectivity index is 0.00000288. The van der Waals surface area contributed by atoms with Gasteiger partial charge in [0.15, 0.2) is 0 Å². The maximum Gasteiger partial charge on any atom is 0.249 e. The number of hydrogen-bond donors (Lipinski definition) is 2. The second-order valence-corrected chi connectivity index (χ2v) is 4.95. The van der Waals surface area contributed by atoms with E-state index in [4.69, 9.17) is 19.7 Å². The van der Waals surface area contributed by atoms with Crippen LogP contribution in [0.3, 0.4) is 0 Å². The van der Waals surface area contributed by atoms with Gasteiger partial charge in [0.05, 0.1) is 19.3 Å². The summed E-state index contributed by atoms with van der Waals surface area (Å²) < 4.78 is 15.3. The van der Waals surface area contributed by atoms with E-state index >= 15 is 0 Å². The van der Waals surface area contributed by atoms with E-state index in [1.165, 1.54) is 7.11 Å². The first-order chi connectivity index (χ1) is 11.1. The molecule has 1 aromatic carbocycles. The van der Waals surface area contributed by atoms with E-state index in [9.17, 15) is 4.79 Å². The van der Waals surface area contributed by atoms with Crippen LogP contribution < -0.4 is 15.8 Å². The number of carbonyl (C=O) groups excluding carboxylic acids is 1. The molecule has 3 N–H and O–H groups in total. The van der Waals surface area contributed by atoms with Crippen molar-refractivity contribution in [3.63, 3.8) is 0 Å². The second-order valence-electron chi connectivity index (χ2n) is 4.95. The molecule has 0 radical (unpaired) electrons. The number of methoxy groups -OCH3 is 2. The van der Waals surface area contributed by atoms with Crippen molar-refractivity contribution in [3.05, 3.63) is 30.2 Å². The normalized spacial score (nSPS) is 12.8. The van der Waals surface area contributed by atoms with E-state index in [-0.39, 0.29) is 30.8 Å². The van der Waals surface area contributed by atoms with Crippen LogP contribution in [0, 0.1) is 0 Å². The van der Waals surface area contributed by atoms with Gasteiger partial charge >= 0.3 is 0 Å². The Labute approximate surface area is 146 Å². The number of benzene rings is 1. The summed E-state index contributed by atoms with van der Waals surface area (Å²) in [5, 5.41) is 6.63. The van der Waals surface area contributed by atoms with Crippen LogP contribution in [0.5, 0.6) is 5.75 Å². The van der Waals surface area contributed by atoms with Gasteiger partial charge < -0.3 is 25.0 Å². The Kier molecular flexibility index (Phi) is 7.63. The fourth-order valence-corrected chi connectivity index (χ4v) is 1.99. The predicted molar refractivity (Wildman–Crippen MR) is 89.9 cm³/mol. The number of aromatic nitrogens is 2. The molecule has 0 bridgehead atoms. The number of hydrogen-bond acceptors (Lipinski definition) is 7. The van der Waals surface area contributed by atoms with E-state index in [0.717, 1.165) is 0 Å². The van der Waals surface area contributed by atoms with Crippen LogP contribution in [0.1, 0.15) is 18.9 Å². The van der Waals surface area contributed by atoms with Crippen LogP contribution in [-0.4, -0.2) is 42.9 Å². The lowest BCUT2D eigenvalue weighted by atomic mass is 10.2. The number of ether oxygens (including phenoxy) is 2. The smallest absolute Gasteiger partial charge is 0.249 e. The van der Waals surface area contributed by atoms with E-state index in [2.05, 4.69) is 15.5 Å². The number of nitrogens with zero attached hydrogens (tertiary/aromatic N) is 2. The SMILES string of the molecule is COCC(N)C(=O)NC(C)c1nc(-c2ccccc2OC)no1.Cl. The molecule has 2 unspecified atom stereocenters. The zero-order chi connectivity index (χ0) is 16.8. The minimum atomic E-state index is -0.751. The summed E-state index contributed by atoms with van der Waals surface area (Å²) in [5.74, 6) is 0.957. The van der Waals surface area contributed by atoms with Crippen molar-refractivity contribution in [1.82, 2.24) is 15.5 Å². The van der Waals surface area contributed by atoms with Gasteiger partial charge in [-0.3, -0.25) is 4.79 Å². The first-order valence-corrected chi connectivity index (χ1v) is 7.08. The van der Waals surface area contributed by atoms with Gasteiger partial charge in [-0.05, 0) is 19.1 Å². The summed E-state index contributed by atoms with van der Waals surface area (Å²) in [5.41, 5.74) is 6.38. The first-order valence-electron chi connectivity index (χ1n) is 7.08. The number of para-hydroxylation sites is 1. The molecule has 0 saturated carbocycles. The van der Waals surface area contributed by atoms with Gasteiger partial charge in [0.1, 0.15) is 17.8 Å². The van der Waals surface area contributed by atoms with Crippen molar-refractivity contribution in [2.75, 3.05) is 20.8 Å². The Morgan fingerprint density at radius 2 is 2.08 bits per heavy atom. The molecule has 1 amide bonds. The molecular formula is C15H21ClN4O4. The molecule has 0 saturated heterocycles. The summed E-state index contributed by atoms with van der Waals surface area (Å²) in [6.45, 7) is 1.87. The molecule has 8 nitrogen and oxygen atoms in total. The highest BCUT2D eigenvalue weighted by atomic mass is 35.5. The molecular weight excluding hydrogens is 336 g/mol. The molecule has 24 heavy (non-hydrogen) atoms. The lowest BCUT2D eigenvalue weighted by Gasteiger charge is -2.14. The van der Waals surface area contributed by atoms with Crippen molar-refractivity contribution < 1.29 is 18.8 Å². The molecule has 2 atom stereocenters. The summed E-state index contributed by atoms with van der Waals surface area (Å²) in [4.78, 5) is 16.2. The van der Waals surface area contributed by atoms with Crippen LogP contribution in [0.4, 0.5) is 0 Å². The quantitative estimate of drug-likeness (QED) is 0.769. The largest absolute Gasteiger partial charge is 0.496 e. The lowest BCUT2D eigenvalue weighted by molar-refractivity contribution is -0.124. The van der Waals surface area contributed by atoms with Gasteiger partial charge in [0.25, 0.3) is 0 Å². The number of halogens is 1. The van der Waals surface area contributed by atoms with E-state index in [1.807, 2.05) is 18.2 Å². The molecule has 0 aliphatic rings.